The largest absolute Gasteiger partial charge is 0.372 e. The van der Waals surface area contributed by atoms with Crippen LogP contribution in [0.5, 0.6) is 0 Å². The van der Waals surface area contributed by atoms with Crippen molar-refractivity contribution in [2.75, 3.05) is 26.1 Å². The molecule has 0 saturated heterocycles. The molecule has 0 bridgehead atoms. The number of hydrogen-bond donors (Lipinski definition) is 1. The molecule has 1 aromatic rings. The lowest BCUT2D eigenvalue weighted by Gasteiger charge is -2.33. The lowest BCUT2D eigenvalue weighted by molar-refractivity contribution is -0.126. The summed E-state index contributed by atoms with van der Waals surface area (Å²) in [6.07, 6.45) is 1.39. The highest BCUT2D eigenvalue weighted by Crippen LogP contribution is 2.35. The predicted molar refractivity (Wildman–Crippen MR) is 71.4 cm³/mol. The topological polar surface area (TPSA) is 32.3 Å². The SMILES string of the molecule is CN(C)C(=O)C1=Cc2ccccc2NC1C(F)(F)CF. The first-order chi connectivity index (χ1) is 9.36. The first kappa shape index (κ1) is 14.4. The molecule has 0 fully saturated rings. The number of benzene rings is 1. The normalized spacial score (nSPS) is 17.9. The molecule has 20 heavy (non-hydrogen) atoms. The van der Waals surface area contributed by atoms with Crippen molar-refractivity contribution in [1.29, 1.82) is 0 Å². The van der Waals surface area contributed by atoms with Gasteiger partial charge in [-0.15, -0.1) is 0 Å². The van der Waals surface area contributed by atoms with Crippen LogP contribution in [0.4, 0.5) is 18.9 Å². The lowest BCUT2D eigenvalue weighted by Crippen LogP contribution is -2.48. The highest BCUT2D eigenvalue weighted by molar-refractivity contribution is 6.01. The number of para-hydroxylation sites is 1. The van der Waals surface area contributed by atoms with E-state index in [4.69, 9.17) is 0 Å². The Labute approximate surface area is 115 Å². The maximum atomic E-state index is 13.8. The smallest absolute Gasteiger partial charge is 0.299 e. The summed E-state index contributed by atoms with van der Waals surface area (Å²) in [5, 5.41) is 2.57. The van der Waals surface area contributed by atoms with Crippen molar-refractivity contribution in [1.82, 2.24) is 4.90 Å². The van der Waals surface area contributed by atoms with E-state index in [1.54, 1.807) is 24.3 Å². The van der Waals surface area contributed by atoms with Gasteiger partial charge in [-0.25, -0.2) is 13.2 Å². The fraction of sp³-hybridized carbons (Fsp3) is 0.357. The molecule has 3 nitrogen and oxygen atoms in total. The van der Waals surface area contributed by atoms with Gasteiger partial charge < -0.3 is 10.2 Å². The Morgan fingerprint density at radius 2 is 2.00 bits per heavy atom. The Bertz CT molecular complexity index is 555. The van der Waals surface area contributed by atoms with Crippen LogP contribution in [0.15, 0.2) is 29.8 Å². The van der Waals surface area contributed by atoms with Crippen molar-refractivity contribution in [3.8, 4) is 0 Å². The summed E-state index contributed by atoms with van der Waals surface area (Å²) in [6, 6.07) is 5.07. The quantitative estimate of drug-likeness (QED) is 0.925. The van der Waals surface area contributed by atoms with Gasteiger partial charge in [-0.3, -0.25) is 4.79 Å². The Balaban J connectivity index is 2.51. The van der Waals surface area contributed by atoms with Crippen molar-refractivity contribution in [3.05, 3.63) is 35.4 Å². The van der Waals surface area contributed by atoms with Gasteiger partial charge in [0.25, 0.3) is 11.8 Å². The van der Waals surface area contributed by atoms with E-state index in [0.29, 0.717) is 11.3 Å². The zero-order valence-electron chi connectivity index (χ0n) is 11.2. The Morgan fingerprint density at radius 1 is 1.35 bits per heavy atom. The van der Waals surface area contributed by atoms with Gasteiger partial charge in [0.05, 0.1) is 0 Å². The van der Waals surface area contributed by atoms with Crippen molar-refractivity contribution < 1.29 is 18.0 Å². The third-order valence-electron chi connectivity index (χ3n) is 3.14. The van der Waals surface area contributed by atoms with Crippen LogP contribution in [0, 0.1) is 0 Å². The summed E-state index contributed by atoms with van der Waals surface area (Å²) >= 11 is 0. The Hall–Kier alpha value is -1.98. The fourth-order valence-corrected chi connectivity index (χ4v) is 2.09. The molecule has 0 saturated carbocycles. The van der Waals surface area contributed by atoms with E-state index in [2.05, 4.69) is 5.32 Å². The van der Waals surface area contributed by atoms with Gasteiger partial charge >= 0.3 is 0 Å². The standard InChI is InChI=1S/C14H15F3N2O/c1-19(2)13(20)10-7-9-5-3-4-6-11(9)18-12(10)14(16,17)8-15/h3-7,12,18H,8H2,1-2H3. The fourth-order valence-electron chi connectivity index (χ4n) is 2.09. The molecule has 2 rings (SSSR count). The first-order valence-corrected chi connectivity index (χ1v) is 6.09. The molecule has 1 aromatic carbocycles. The van der Waals surface area contributed by atoms with Crippen LogP contribution in [-0.4, -0.2) is 43.5 Å². The minimum atomic E-state index is -3.65. The monoisotopic (exact) mass is 284 g/mol. The van der Waals surface area contributed by atoms with E-state index >= 15 is 0 Å². The number of carbonyl (C=O) groups is 1. The highest BCUT2D eigenvalue weighted by Gasteiger charge is 2.46. The van der Waals surface area contributed by atoms with Crippen LogP contribution in [0.25, 0.3) is 6.08 Å². The second-order valence-electron chi connectivity index (χ2n) is 4.86. The second-order valence-corrected chi connectivity index (χ2v) is 4.86. The number of rotatable bonds is 3. The van der Waals surface area contributed by atoms with E-state index < -0.39 is 24.5 Å². The number of anilines is 1. The maximum Gasteiger partial charge on any atom is 0.299 e. The molecule has 1 amide bonds. The number of nitrogens with zero attached hydrogens (tertiary/aromatic N) is 1. The molecule has 1 aliphatic heterocycles. The zero-order valence-corrected chi connectivity index (χ0v) is 11.2. The van der Waals surface area contributed by atoms with Gasteiger partial charge in [0, 0.05) is 25.4 Å². The van der Waals surface area contributed by atoms with Crippen LogP contribution in [0.2, 0.25) is 0 Å². The van der Waals surface area contributed by atoms with Crippen molar-refractivity contribution in [2.45, 2.75) is 12.0 Å². The number of nitrogens with one attached hydrogen (secondary N) is 1. The van der Waals surface area contributed by atoms with Crippen LogP contribution in [0.3, 0.4) is 0 Å². The molecule has 0 aliphatic carbocycles. The highest BCUT2D eigenvalue weighted by atomic mass is 19.3. The van der Waals surface area contributed by atoms with Crippen molar-refractivity contribution >= 4 is 17.7 Å². The predicted octanol–water partition coefficient (Wildman–Crippen LogP) is 2.56. The average Bonchev–Trinajstić information content (AvgIpc) is 2.44. The number of fused-ring (bicyclic) bond motifs is 1. The summed E-state index contributed by atoms with van der Waals surface area (Å²) < 4.78 is 40.1. The molecule has 6 heteroatoms. The summed E-state index contributed by atoms with van der Waals surface area (Å²) in [5.74, 6) is -4.21. The number of hydrogen-bond acceptors (Lipinski definition) is 2. The first-order valence-electron chi connectivity index (χ1n) is 6.09. The molecule has 1 aliphatic rings. The van der Waals surface area contributed by atoms with Crippen LogP contribution >= 0.6 is 0 Å². The molecule has 1 atom stereocenters. The number of alkyl halides is 3. The van der Waals surface area contributed by atoms with Crippen molar-refractivity contribution in [3.63, 3.8) is 0 Å². The van der Waals surface area contributed by atoms with Crippen LogP contribution in [-0.2, 0) is 4.79 Å². The van der Waals surface area contributed by atoms with E-state index in [1.807, 2.05) is 0 Å². The lowest BCUT2D eigenvalue weighted by atomic mass is 9.92. The summed E-state index contributed by atoms with van der Waals surface area (Å²) in [5.41, 5.74) is 0.945. The number of carbonyl (C=O) groups excluding carboxylic acids is 1. The molecule has 0 spiro atoms. The van der Waals surface area contributed by atoms with Gasteiger partial charge in [-0.05, 0) is 17.7 Å². The van der Waals surface area contributed by atoms with E-state index in [9.17, 15) is 18.0 Å². The number of amides is 1. The van der Waals surface area contributed by atoms with Gasteiger partial charge in [0.2, 0.25) is 0 Å². The zero-order chi connectivity index (χ0) is 14.9. The third kappa shape index (κ3) is 2.50. The molecule has 108 valence electrons. The van der Waals surface area contributed by atoms with Gasteiger partial charge in [-0.2, -0.15) is 0 Å². The molecule has 1 heterocycles. The van der Waals surface area contributed by atoms with E-state index in [-0.39, 0.29) is 5.57 Å². The van der Waals surface area contributed by atoms with Crippen molar-refractivity contribution in [2.24, 2.45) is 0 Å². The van der Waals surface area contributed by atoms with Crippen LogP contribution in [0.1, 0.15) is 5.56 Å². The minimum Gasteiger partial charge on any atom is -0.372 e. The van der Waals surface area contributed by atoms with E-state index in [0.717, 1.165) is 0 Å². The van der Waals surface area contributed by atoms with Crippen LogP contribution < -0.4 is 5.32 Å². The van der Waals surface area contributed by atoms with E-state index in [1.165, 1.54) is 25.1 Å². The van der Waals surface area contributed by atoms with Gasteiger partial charge in [-0.1, -0.05) is 18.2 Å². The number of likely N-dealkylation sites (N-methyl/N-ethyl adjacent to an activating group) is 1. The number of halogens is 3. The summed E-state index contributed by atoms with van der Waals surface area (Å²) in [7, 11) is 2.93. The molecular formula is C14H15F3N2O. The van der Waals surface area contributed by atoms with Gasteiger partial charge in [0.15, 0.2) is 6.67 Å². The minimum absolute atomic E-state index is 0.142. The third-order valence-corrected chi connectivity index (χ3v) is 3.14. The molecule has 0 radical (unpaired) electrons. The molecule has 0 aromatic heterocycles. The average molecular weight is 284 g/mol. The Morgan fingerprint density at radius 3 is 2.60 bits per heavy atom. The Kier molecular flexibility index (Phi) is 3.74. The summed E-state index contributed by atoms with van der Waals surface area (Å²) in [4.78, 5) is 13.2. The molecular weight excluding hydrogens is 269 g/mol. The maximum absolute atomic E-state index is 13.8. The molecule has 1 N–H and O–H groups in total. The van der Waals surface area contributed by atoms with Gasteiger partial charge in [0.1, 0.15) is 6.04 Å². The molecule has 1 unspecified atom stereocenters. The summed E-state index contributed by atoms with van der Waals surface area (Å²) in [6.45, 7) is -1.83. The second kappa shape index (κ2) is 5.19.